The lowest BCUT2D eigenvalue weighted by Crippen LogP contribution is -2.42. The quantitative estimate of drug-likeness (QED) is 0.750. The molecule has 0 aromatic carbocycles. The summed E-state index contributed by atoms with van der Waals surface area (Å²) in [6.07, 6.45) is 1.26. The second-order valence-electron chi connectivity index (χ2n) is 5.51. The van der Waals surface area contributed by atoms with Gasteiger partial charge in [-0.2, -0.15) is 0 Å². The van der Waals surface area contributed by atoms with E-state index in [0.29, 0.717) is 12.1 Å². The summed E-state index contributed by atoms with van der Waals surface area (Å²) in [5, 5.41) is 3.59. The highest BCUT2D eigenvalue weighted by Crippen LogP contribution is 2.16. The van der Waals surface area contributed by atoms with E-state index in [4.69, 9.17) is 4.74 Å². The summed E-state index contributed by atoms with van der Waals surface area (Å²) >= 11 is 0. The Morgan fingerprint density at radius 1 is 1.47 bits per heavy atom. The van der Waals surface area contributed by atoms with Crippen LogP contribution in [0.4, 0.5) is 0 Å². The van der Waals surface area contributed by atoms with Gasteiger partial charge in [-0.1, -0.05) is 13.8 Å². The fourth-order valence-corrected chi connectivity index (χ4v) is 2.19. The van der Waals surface area contributed by atoms with Crippen molar-refractivity contribution in [1.82, 2.24) is 10.2 Å². The van der Waals surface area contributed by atoms with Crippen molar-refractivity contribution in [2.45, 2.75) is 51.8 Å². The molecule has 0 amide bonds. The molecule has 90 valence electrons. The lowest BCUT2D eigenvalue weighted by Gasteiger charge is -2.29. The molecule has 0 spiro atoms. The zero-order valence-electron chi connectivity index (χ0n) is 10.8. The fraction of sp³-hybridized carbons (Fsp3) is 1.00. The summed E-state index contributed by atoms with van der Waals surface area (Å²) in [4.78, 5) is 2.49. The van der Waals surface area contributed by atoms with E-state index >= 15 is 0 Å². The highest BCUT2D eigenvalue weighted by molar-refractivity contribution is 4.85. The van der Waals surface area contributed by atoms with Crippen LogP contribution in [0.5, 0.6) is 0 Å². The predicted octanol–water partition coefficient (Wildman–Crippen LogP) is 1.48. The largest absolute Gasteiger partial charge is 0.377 e. The first-order chi connectivity index (χ1) is 6.93. The molecule has 0 aromatic heterocycles. The zero-order chi connectivity index (χ0) is 11.5. The maximum atomic E-state index is 5.45. The Bertz CT molecular complexity index is 192. The van der Waals surface area contributed by atoms with Gasteiger partial charge >= 0.3 is 0 Å². The topological polar surface area (TPSA) is 24.5 Å². The minimum Gasteiger partial charge on any atom is -0.377 e. The first kappa shape index (κ1) is 12.9. The van der Waals surface area contributed by atoms with Crippen molar-refractivity contribution in [3.05, 3.63) is 0 Å². The summed E-state index contributed by atoms with van der Waals surface area (Å²) in [5.41, 5.74) is -0.0211. The minimum atomic E-state index is -0.0211. The normalized spacial score (nSPS) is 24.0. The Hall–Kier alpha value is -0.120. The van der Waals surface area contributed by atoms with Crippen LogP contribution in [0.2, 0.25) is 0 Å². The Morgan fingerprint density at radius 2 is 2.13 bits per heavy atom. The number of likely N-dealkylation sites (tertiary alicyclic amines) is 1. The molecule has 0 bridgehead atoms. The van der Waals surface area contributed by atoms with Gasteiger partial charge in [-0.25, -0.2) is 0 Å². The number of ether oxygens (including phenoxy) is 1. The molecule has 1 unspecified atom stereocenters. The van der Waals surface area contributed by atoms with Gasteiger partial charge in [0.05, 0.1) is 5.60 Å². The van der Waals surface area contributed by atoms with Crippen molar-refractivity contribution in [2.24, 2.45) is 0 Å². The zero-order valence-corrected chi connectivity index (χ0v) is 10.8. The van der Waals surface area contributed by atoms with Crippen LogP contribution in [0.15, 0.2) is 0 Å². The number of methoxy groups -OCH3 is 1. The van der Waals surface area contributed by atoms with E-state index in [1.54, 1.807) is 7.11 Å². The van der Waals surface area contributed by atoms with Crippen LogP contribution in [0, 0.1) is 0 Å². The molecular weight excluding hydrogens is 188 g/mol. The smallest absolute Gasteiger partial charge is 0.0749 e. The first-order valence-corrected chi connectivity index (χ1v) is 5.96. The summed E-state index contributed by atoms with van der Waals surface area (Å²) in [6.45, 7) is 12.1. The van der Waals surface area contributed by atoms with Gasteiger partial charge < -0.3 is 10.1 Å². The third-order valence-electron chi connectivity index (χ3n) is 3.00. The molecule has 1 saturated heterocycles. The van der Waals surface area contributed by atoms with E-state index < -0.39 is 0 Å². The lowest BCUT2D eigenvalue weighted by atomic mass is 10.1. The Kier molecular flexibility index (Phi) is 4.56. The van der Waals surface area contributed by atoms with Crippen molar-refractivity contribution < 1.29 is 4.74 Å². The first-order valence-electron chi connectivity index (χ1n) is 5.96. The molecule has 15 heavy (non-hydrogen) atoms. The summed E-state index contributed by atoms with van der Waals surface area (Å²) < 4.78 is 5.45. The fourth-order valence-electron chi connectivity index (χ4n) is 2.19. The average Bonchev–Trinajstić information content (AvgIpc) is 2.50. The van der Waals surface area contributed by atoms with Crippen LogP contribution in [0.25, 0.3) is 0 Å². The molecule has 0 radical (unpaired) electrons. The standard InChI is InChI=1S/C12H26N2O/c1-10(2)13-11-6-7-14(8-11)9-12(3,4)15-5/h10-11,13H,6-9H2,1-5H3. The van der Waals surface area contributed by atoms with Crippen molar-refractivity contribution >= 4 is 0 Å². The molecule has 0 aliphatic carbocycles. The van der Waals surface area contributed by atoms with Crippen LogP contribution in [0.1, 0.15) is 34.1 Å². The maximum absolute atomic E-state index is 5.45. The second-order valence-corrected chi connectivity index (χ2v) is 5.51. The Labute approximate surface area is 94.2 Å². The molecule has 3 nitrogen and oxygen atoms in total. The van der Waals surface area contributed by atoms with E-state index in [0.717, 1.165) is 13.1 Å². The van der Waals surface area contributed by atoms with Crippen LogP contribution >= 0.6 is 0 Å². The minimum absolute atomic E-state index is 0.0211. The Balaban J connectivity index is 2.30. The van der Waals surface area contributed by atoms with Crippen molar-refractivity contribution in [1.29, 1.82) is 0 Å². The van der Waals surface area contributed by atoms with Gasteiger partial charge in [0.1, 0.15) is 0 Å². The third kappa shape index (κ3) is 4.49. The SMILES string of the molecule is COC(C)(C)CN1CCC(NC(C)C)C1. The van der Waals surface area contributed by atoms with Crippen LogP contribution in [-0.4, -0.2) is 49.3 Å². The van der Waals surface area contributed by atoms with Crippen molar-refractivity contribution in [3.8, 4) is 0 Å². The molecule has 1 N–H and O–H groups in total. The highest BCUT2D eigenvalue weighted by atomic mass is 16.5. The van der Waals surface area contributed by atoms with Gasteiger partial charge in [0.25, 0.3) is 0 Å². The molecule has 0 aromatic rings. The molecular formula is C12H26N2O. The summed E-state index contributed by atoms with van der Waals surface area (Å²) in [7, 11) is 1.79. The van der Waals surface area contributed by atoms with Gasteiger partial charge in [-0.15, -0.1) is 0 Å². The molecule has 0 saturated carbocycles. The molecule has 3 heteroatoms. The predicted molar refractivity (Wildman–Crippen MR) is 64.2 cm³/mol. The third-order valence-corrected chi connectivity index (χ3v) is 3.00. The summed E-state index contributed by atoms with van der Waals surface area (Å²) in [5.74, 6) is 0. The van der Waals surface area contributed by atoms with Crippen molar-refractivity contribution in [3.63, 3.8) is 0 Å². The molecule has 1 rings (SSSR count). The second kappa shape index (κ2) is 5.28. The van der Waals surface area contributed by atoms with E-state index in [9.17, 15) is 0 Å². The number of hydrogen-bond acceptors (Lipinski definition) is 3. The molecule has 1 heterocycles. The summed E-state index contributed by atoms with van der Waals surface area (Å²) in [6, 6.07) is 1.25. The van der Waals surface area contributed by atoms with Gasteiger partial charge in [-0.3, -0.25) is 4.90 Å². The van der Waals surface area contributed by atoms with Gasteiger partial charge in [0.2, 0.25) is 0 Å². The number of rotatable bonds is 5. The lowest BCUT2D eigenvalue weighted by molar-refractivity contribution is -0.00289. The molecule has 1 aliphatic rings. The maximum Gasteiger partial charge on any atom is 0.0749 e. The molecule has 1 aliphatic heterocycles. The number of nitrogens with zero attached hydrogens (tertiary/aromatic N) is 1. The van der Waals surface area contributed by atoms with Gasteiger partial charge in [-0.05, 0) is 26.8 Å². The number of hydrogen-bond donors (Lipinski definition) is 1. The van der Waals surface area contributed by atoms with E-state index in [1.807, 2.05) is 0 Å². The monoisotopic (exact) mass is 214 g/mol. The van der Waals surface area contributed by atoms with Gasteiger partial charge in [0, 0.05) is 32.3 Å². The van der Waals surface area contributed by atoms with Gasteiger partial charge in [0.15, 0.2) is 0 Å². The molecule has 1 atom stereocenters. The van der Waals surface area contributed by atoms with E-state index in [-0.39, 0.29) is 5.60 Å². The van der Waals surface area contributed by atoms with Crippen LogP contribution in [-0.2, 0) is 4.74 Å². The van der Waals surface area contributed by atoms with Crippen LogP contribution in [0.3, 0.4) is 0 Å². The van der Waals surface area contributed by atoms with E-state index in [2.05, 4.69) is 37.9 Å². The Morgan fingerprint density at radius 3 is 2.67 bits per heavy atom. The van der Waals surface area contributed by atoms with E-state index in [1.165, 1.54) is 13.0 Å². The molecule has 1 fully saturated rings. The number of nitrogens with one attached hydrogen (secondary N) is 1. The van der Waals surface area contributed by atoms with Crippen LogP contribution < -0.4 is 5.32 Å². The average molecular weight is 214 g/mol. The highest BCUT2D eigenvalue weighted by Gasteiger charge is 2.27. The van der Waals surface area contributed by atoms with Crippen molar-refractivity contribution in [2.75, 3.05) is 26.7 Å².